The molecule has 15 nitrogen and oxygen atoms in total. The van der Waals surface area contributed by atoms with Crippen molar-refractivity contribution in [3.63, 3.8) is 0 Å². The average Bonchev–Trinajstić information content (AvgIpc) is 1.89. The first-order valence-electron chi connectivity index (χ1n) is 28.1. The highest BCUT2D eigenvalue weighted by molar-refractivity contribution is 5.91. The van der Waals surface area contributed by atoms with Crippen molar-refractivity contribution in [1.82, 2.24) is 0 Å². The third-order valence-corrected chi connectivity index (χ3v) is 15.6. The zero-order valence-electron chi connectivity index (χ0n) is 51.9. The summed E-state index contributed by atoms with van der Waals surface area (Å²) in [5.74, 6) is 4.09. The van der Waals surface area contributed by atoms with Crippen molar-refractivity contribution in [3.8, 4) is 73.6 Å². The fraction of sp³-hybridized carbons (Fsp3) is 0.441. The maximum absolute atomic E-state index is 11.8. The van der Waals surface area contributed by atoms with Crippen molar-refractivity contribution < 1.29 is 73.4 Å². The van der Waals surface area contributed by atoms with Crippen LogP contribution in [0.4, 0.5) is 0 Å². The highest BCUT2D eigenvalue weighted by Crippen LogP contribution is 2.60. The van der Waals surface area contributed by atoms with E-state index in [-0.39, 0.29) is 49.8 Å². The lowest BCUT2D eigenvalue weighted by molar-refractivity contribution is -0.106. The molecule has 3 aliphatic rings. The van der Waals surface area contributed by atoms with E-state index >= 15 is 0 Å². The van der Waals surface area contributed by atoms with Gasteiger partial charge in [-0.15, -0.1) is 0 Å². The maximum Gasteiger partial charge on any atom is 0.169 e. The number of aliphatic hydroxyl groups is 6. The minimum absolute atomic E-state index is 0.0259. The van der Waals surface area contributed by atoms with E-state index in [1.807, 2.05) is 97.9 Å². The smallest absolute Gasteiger partial charge is 0.169 e. The van der Waals surface area contributed by atoms with Crippen molar-refractivity contribution >= 4 is 12.6 Å². The number of ether oxygens (including phenoxy) is 7. The van der Waals surface area contributed by atoms with Gasteiger partial charge in [0.15, 0.2) is 34.5 Å². The minimum atomic E-state index is -1.21. The summed E-state index contributed by atoms with van der Waals surface area (Å²) in [4.78, 5) is 17.6. The number of rotatable bonds is 15. The first kappa shape index (κ1) is 66.8. The molecule has 0 spiro atoms. The van der Waals surface area contributed by atoms with Gasteiger partial charge < -0.3 is 73.4 Å². The number of aliphatic hydroxyl groups excluding tert-OH is 3. The van der Waals surface area contributed by atoms with Crippen LogP contribution in [0.3, 0.4) is 0 Å². The van der Waals surface area contributed by atoms with E-state index in [1.54, 1.807) is 53.7 Å². The highest BCUT2D eigenvalue weighted by Gasteiger charge is 2.49. The monoisotopic (exact) mass is 1140 g/mol. The summed E-state index contributed by atoms with van der Waals surface area (Å²) in [6.07, 6.45) is 1.57. The Balaban J connectivity index is 0.000000217. The molecular formula is C68H88O15. The first-order valence-corrected chi connectivity index (χ1v) is 28.1. The van der Waals surface area contributed by atoms with E-state index in [0.29, 0.717) is 51.2 Å². The van der Waals surface area contributed by atoms with Crippen LogP contribution >= 0.6 is 0 Å². The average molecular weight is 1150 g/mol. The number of carbonyl (C=O) groups is 2. The lowest BCUT2D eigenvalue weighted by Gasteiger charge is -2.31. The van der Waals surface area contributed by atoms with Crippen LogP contribution in [-0.4, -0.2) is 91.0 Å². The van der Waals surface area contributed by atoms with E-state index in [9.17, 15) is 30.6 Å². The van der Waals surface area contributed by atoms with Crippen LogP contribution in [0.2, 0.25) is 0 Å². The summed E-state index contributed by atoms with van der Waals surface area (Å²) in [7, 11) is 7.86. The third-order valence-electron chi connectivity index (χ3n) is 15.6. The number of benzene rings is 6. The number of hydrogen-bond donors (Lipinski definition) is 6. The van der Waals surface area contributed by atoms with Gasteiger partial charge in [-0.1, -0.05) is 71.9 Å². The molecule has 0 heterocycles. The van der Waals surface area contributed by atoms with Crippen molar-refractivity contribution in [2.75, 3.05) is 35.5 Å². The molecule has 0 radical (unpaired) electrons. The van der Waals surface area contributed by atoms with Gasteiger partial charge in [-0.25, -0.2) is 0 Å². The third kappa shape index (κ3) is 12.2. The van der Waals surface area contributed by atoms with E-state index in [2.05, 4.69) is 39.8 Å². The Morgan fingerprint density at radius 3 is 1.17 bits per heavy atom. The Morgan fingerprint density at radius 1 is 0.398 bits per heavy atom. The molecule has 3 atom stereocenters. The second kappa shape index (κ2) is 27.6. The summed E-state index contributed by atoms with van der Waals surface area (Å²) < 4.78 is 39.6. The normalized spacial score (nSPS) is 17.2. The SMILES string of the molecule is CC=O.CC=O.COc1cc2c(cc1OC)C(O)(C(C)C)c1cc(CO)c(CO)cc1-2.COc1ccc2c(c1OC)-c1c(ccc(CO)c1OC)C2(O)C(C)C.Cc1cc2c(cc1C)C(O)(C(C)C)c1cc(OC(C)C)c(OC(C)C)cc1-2. The number of hydrogen-bond acceptors (Lipinski definition) is 15. The van der Waals surface area contributed by atoms with E-state index in [1.165, 1.54) is 25.0 Å². The number of methoxy groups -OCH3 is 5. The van der Waals surface area contributed by atoms with Gasteiger partial charge in [0.25, 0.3) is 0 Å². The van der Waals surface area contributed by atoms with Crippen LogP contribution in [0.25, 0.3) is 33.4 Å². The van der Waals surface area contributed by atoms with Crippen molar-refractivity contribution in [3.05, 3.63) is 134 Å². The molecule has 9 rings (SSSR count). The molecule has 0 amide bonds. The molecule has 0 fully saturated rings. The van der Waals surface area contributed by atoms with Gasteiger partial charge in [0.05, 0.1) is 67.6 Å². The van der Waals surface area contributed by atoms with Gasteiger partial charge in [-0.05, 0) is 177 Å². The summed E-state index contributed by atoms with van der Waals surface area (Å²) >= 11 is 0. The molecule has 450 valence electrons. The number of aldehydes is 2. The van der Waals surface area contributed by atoms with Gasteiger partial charge in [0.1, 0.15) is 35.1 Å². The highest BCUT2D eigenvalue weighted by atomic mass is 16.5. The number of fused-ring (bicyclic) bond motifs is 9. The van der Waals surface area contributed by atoms with Crippen molar-refractivity contribution in [2.45, 2.75) is 146 Å². The molecule has 15 heteroatoms. The Hall–Kier alpha value is -6.98. The number of carbonyl (C=O) groups excluding carboxylic acids is 2. The van der Waals surface area contributed by atoms with Crippen LogP contribution in [-0.2, 0) is 46.2 Å². The molecule has 83 heavy (non-hydrogen) atoms. The zero-order chi connectivity index (χ0) is 62.2. The van der Waals surface area contributed by atoms with Gasteiger partial charge in [-0.2, -0.15) is 0 Å². The molecular weight excluding hydrogens is 1060 g/mol. The molecule has 0 saturated carbocycles. The summed E-state index contributed by atoms with van der Waals surface area (Å²) in [5.41, 5.74) is 11.1. The molecule has 6 N–H and O–H groups in total. The zero-order valence-corrected chi connectivity index (χ0v) is 51.9. The predicted octanol–water partition coefficient (Wildman–Crippen LogP) is 11.8. The molecule has 6 aromatic carbocycles. The van der Waals surface area contributed by atoms with E-state index in [0.717, 1.165) is 85.1 Å². The maximum atomic E-state index is 11.8. The molecule has 0 bridgehead atoms. The Labute approximate surface area is 490 Å². The topological polar surface area (TPSA) is 220 Å². The predicted molar refractivity (Wildman–Crippen MR) is 324 cm³/mol. The standard InChI is InChI=1S/C24H32O3.2C20H24O5.2C2H4O/c1-13(2)24(25)20-10-17(8)16(7)9-18(20)19-11-22(26-14(3)4)23(12-21(19)24)27-15(5)6;1-11(2)20(23)16-6-13(10-22)12(9-21)5-14(16)15-7-18(24-3)19(25-4)8-17(15)20;1-11(2)20(22)13-7-6-12(10-21)18(24-4)16(13)17-14(20)8-9-15(23-3)19(17)25-5;2*1-2-3/h9-15,25H,1-8H3;5-8,11,21-23H,9-10H2,1-4H3;6-9,11,21-22H,10H2,1-5H3;2*2H,1H3. The molecule has 6 aromatic rings. The van der Waals surface area contributed by atoms with Crippen molar-refractivity contribution in [1.29, 1.82) is 0 Å². The van der Waals surface area contributed by atoms with E-state index < -0.39 is 16.8 Å². The summed E-state index contributed by atoms with van der Waals surface area (Å²) in [6, 6.07) is 23.0. The van der Waals surface area contributed by atoms with Crippen LogP contribution in [0.5, 0.6) is 40.2 Å². The lowest BCUT2D eigenvalue weighted by Crippen LogP contribution is -2.31. The van der Waals surface area contributed by atoms with Gasteiger partial charge in [0.2, 0.25) is 0 Å². The summed E-state index contributed by atoms with van der Waals surface area (Å²) in [6.45, 7) is 26.6. The Bertz CT molecular complexity index is 3120. The lowest BCUT2D eigenvalue weighted by atomic mass is 9.80. The molecule has 0 aromatic heterocycles. The van der Waals surface area contributed by atoms with Crippen LogP contribution in [0, 0.1) is 31.6 Å². The fourth-order valence-corrected chi connectivity index (χ4v) is 11.4. The Kier molecular flexibility index (Phi) is 22.2. The largest absolute Gasteiger partial charge is 0.496 e. The van der Waals surface area contributed by atoms with Gasteiger partial charge in [-0.3, -0.25) is 0 Å². The second-order valence-corrected chi connectivity index (χ2v) is 22.2. The molecule has 3 unspecified atom stereocenters. The molecule has 3 aliphatic carbocycles. The first-order chi connectivity index (χ1) is 39.2. The van der Waals surface area contributed by atoms with Gasteiger partial charge >= 0.3 is 0 Å². The second-order valence-electron chi connectivity index (χ2n) is 22.2. The fourth-order valence-electron chi connectivity index (χ4n) is 11.4. The van der Waals surface area contributed by atoms with Gasteiger partial charge in [0, 0.05) is 33.4 Å². The Morgan fingerprint density at radius 2 is 0.735 bits per heavy atom. The van der Waals surface area contributed by atoms with Crippen LogP contribution in [0.15, 0.2) is 72.8 Å². The van der Waals surface area contributed by atoms with Crippen LogP contribution < -0.4 is 33.2 Å². The van der Waals surface area contributed by atoms with Crippen LogP contribution in [0.1, 0.15) is 144 Å². The molecule has 0 saturated heterocycles. The molecule has 0 aliphatic heterocycles. The van der Waals surface area contributed by atoms with Crippen molar-refractivity contribution in [2.24, 2.45) is 17.8 Å². The quantitative estimate of drug-likeness (QED) is 0.0527. The number of aryl methyl sites for hydroxylation is 2. The van der Waals surface area contributed by atoms with E-state index in [4.69, 9.17) is 42.7 Å². The minimum Gasteiger partial charge on any atom is -0.496 e. The summed E-state index contributed by atoms with van der Waals surface area (Å²) in [5, 5.41) is 64.0.